The lowest BCUT2D eigenvalue weighted by molar-refractivity contribution is -0.122. The van der Waals surface area contributed by atoms with E-state index in [-0.39, 0.29) is 11.3 Å². The molecule has 0 radical (unpaired) electrons. The molecule has 17 heavy (non-hydrogen) atoms. The number of hydrogen-bond donors (Lipinski definition) is 2. The number of carbonyl (C=O) groups excluding carboxylic acids is 1. The van der Waals surface area contributed by atoms with E-state index in [1.807, 2.05) is 0 Å². The van der Waals surface area contributed by atoms with Gasteiger partial charge in [0.05, 0.1) is 0 Å². The van der Waals surface area contributed by atoms with Gasteiger partial charge in [0.1, 0.15) is 0 Å². The molecular weight excluding hydrogens is 212 g/mol. The van der Waals surface area contributed by atoms with Crippen molar-refractivity contribution in [3.63, 3.8) is 0 Å². The number of piperidine rings is 1. The molecule has 2 rings (SSSR count). The van der Waals surface area contributed by atoms with Crippen molar-refractivity contribution in [1.29, 1.82) is 0 Å². The maximum absolute atomic E-state index is 11.9. The summed E-state index contributed by atoms with van der Waals surface area (Å²) in [6.45, 7) is 6.56. The molecule has 2 atom stereocenters. The number of fused-ring (bicyclic) bond motifs is 2. The average Bonchev–Trinajstić information content (AvgIpc) is 2.54. The van der Waals surface area contributed by atoms with Gasteiger partial charge < -0.3 is 10.6 Å². The Bertz CT molecular complexity index is 270. The van der Waals surface area contributed by atoms with Gasteiger partial charge in [0.25, 0.3) is 0 Å². The largest absolute Gasteiger partial charge is 0.353 e. The van der Waals surface area contributed by atoms with Crippen LogP contribution in [0.4, 0.5) is 0 Å². The molecule has 2 fully saturated rings. The molecule has 3 heteroatoms. The number of nitrogens with one attached hydrogen (secondary N) is 2. The van der Waals surface area contributed by atoms with Gasteiger partial charge in [-0.05, 0) is 37.5 Å². The molecule has 2 N–H and O–H groups in total. The van der Waals surface area contributed by atoms with Gasteiger partial charge in [-0.1, -0.05) is 20.8 Å². The van der Waals surface area contributed by atoms with Crippen molar-refractivity contribution < 1.29 is 4.79 Å². The maximum Gasteiger partial charge on any atom is 0.220 e. The topological polar surface area (TPSA) is 41.1 Å². The molecule has 2 unspecified atom stereocenters. The normalized spacial score (nSPS) is 32.5. The molecule has 0 aromatic carbocycles. The summed E-state index contributed by atoms with van der Waals surface area (Å²) in [4.78, 5) is 11.9. The van der Waals surface area contributed by atoms with Crippen LogP contribution in [0.2, 0.25) is 0 Å². The number of rotatable bonds is 3. The van der Waals surface area contributed by atoms with Gasteiger partial charge in [-0.3, -0.25) is 4.79 Å². The quantitative estimate of drug-likeness (QED) is 0.791. The molecule has 0 aromatic rings. The van der Waals surface area contributed by atoms with Crippen LogP contribution in [0.5, 0.6) is 0 Å². The van der Waals surface area contributed by atoms with E-state index in [9.17, 15) is 4.79 Å². The molecule has 2 aliphatic heterocycles. The number of carbonyl (C=O) groups is 1. The van der Waals surface area contributed by atoms with Crippen molar-refractivity contribution in [1.82, 2.24) is 10.6 Å². The third-order valence-electron chi connectivity index (χ3n) is 3.94. The fourth-order valence-electron chi connectivity index (χ4n) is 2.96. The van der Waals surface area contributed by atoms with Crippen molar-refractivity contribution in [3.05, 3.63) is 0 Å². The zero-order chi connectivity index (χ0) is 12.5. The molecule has 1 amide bonds. The fraction of sp³-hybridized carbons (Fsp3) is 0.929. The van der Waals surface area contributed by atoms with E-state index in [4.69, 9.17) is 0 Å². The van der Waals surface area contributed by atoms with Gasteiger partial charge in [0.2, 0.25) is 5.91 Å². The Balaban J connectivity index is 1.72. The second-order valence-electron chi connectivity index (χ2n) is 6.93. The van der Waals surface area contributed by atoms with Crippen LogP contribution in [-0.4, -0.2) is 24.0 Å². The Morgan fingerprint density at radius 1 is 1.24 bits per heavy atom. The van der Waals surface area contributed by atoms with E-state index in [0.717, 1.165) is 19.3 Å². The Morgan fingerprint density at radius 3 is 2.35 bits per heavy atom. The smallest absolute Gasteiger partial charge is 0.220 e. The molecular formula is C14H26N2O. The highest BCUT2D eigenvalue weighted by molar-refractivity contribution is 5.76. The summed E-state index contributed by atoms with van der Waals surface area (Å²) in [6, 6.07) is 1.73. The van der Waals surface area contributed by atoms with Gasteiger partial charge in [0, 0.05) is 24.5 Å². The molecule has 0 spiro atoms. The standard InChI is InChI=1S/C14H26N2O/c1-14(2,3)7-6-13(17)16-12-8-10-4-5-11(9-12)15-10/h10-12,15H,4-9H2,1-3H3,(H,16,17). The highest BCUT2D eigenvalue weighted by Gasteiger charge is 2.33. The zero-order valence-electron chi connectivity index (χ0n) is 11.4. The summed E-state index contributed by atoms with van der Waals surface area (Å²) in [5, 5.41) is 6.81. The Kier molecular flexibility index (Phi) is 3.76. The molecule has 2 saturated heterocycles. The predicted octanol–water partition coefficient (Wildman–Crippen LogP) is 2.21. The minimum Gasteiger partial charge on any atom is -0.353 e. The summed E-state index contributed by atoms with van der Waals surface area (Å²) in [7, 11) is 0. The van der Waals surface area contributed by atoms with Crippen molar-refractivity contribution in [2.24, 2.45) is 5.41 Å². The van der Waals surface area contributed by atoms with E-state index in [1.54, 1.807) is 0 Å². The second kappa shape index (κ2) is 4.97. The highest BCUT2D eigenvalue weighted by Crippen LogP contribution is 2.27. The fourth-order valence-corrected chi connectivity index (χ4v) is 2.96. The van der Waals surface area contributed by atoms with Gasteiger partial charge in [-0.15, -0.1) is 0 Å². The van der Waals surface area contributed by atoms with Crippen molar-refractivity contribution in [3.8, 4) is 0 Å². The molecule has 2 heterocycles. The van der Waals surface area contributed by atoms with E-state index in [0.29, 0.717) is 24.5 Å². The molecule has 2 bridgehead atoms. The van der Waals surface area contributed by atoms with Crippen LogP contribution < -0.4 is 10.6 Å². The van der Waals surface area contributed by atoms with Crippen molar-refractivity contribution in [2.75, 3.05) is 0 Å². The average molecular weight is 238 g/mol. The van der Waals surface area contributed by atoms with Crippen LogP contribution >= 0.6 is 0 Å². The Morgan fingerprint density at radius 2 is 1.82 bits per heavy atom. The third-order valence-corrected chi connectivity index (χ3v) is 3.94. The summed E-state index contributed by atoms with van der Waals surface area (Å²) in [6.07, 6.45) is 6.47. The van der Waals surface area contributed by atoms with Gasteiger partial charge >= 0.3 is 0 Å². The lowest BCUT2D eigenvalue weighted by Crippen LogP contribution is -2.48. The minimum atomic E-state index is 0.242. The van der Waals surface area contributed by atoms with Crippen molar-refractivity contribution >= 4 is 5.91 Å². The molecule has 0 saturated carbocycles. The molecule has 3 nitrogen and oxygen atoms in total. The monoisotopic (exact) mass is 238 g/mol. The third kappa shape index (κ3) is 3.98. The van der Waals surface area contributed by atoms with Crippen LogP contribution in [-0.2, 0) is 4.79 Å². The molecule has 0 aliphatic carbocycles. The van der Waals surface area contributed by atoms with Crippen LogP contribution in [0.1, 0.15) is 59.3 Å². The summed E-state index contributed by atoms with van der Waals surface area (Å²) in [5.41, 5.74) is 0.254. The summed E-state index contributed by atoms with van der Waals surface area (Å²) >= 11 is 0. The van der Waals surface area contributed by atoms with E-state index in [2.05, 4.69) is 31.4 Å². The van der Waals surface area contributed by atoms with Gasteiger partial charge in [-0.2, -0.15) is 0 Å². The lowest BCUT2D eigenvalue weighted by atomic mass is 9.90. The predicted molar refractivity (Wildman–Crippen MR) is 69.8 cm³/mol. The molecule has 98 valence electrons. The minimum absolute atomic E-state index is 0.242. The summed E-state index contributed by atoms with van der Waals surface area (Å²) in [5.74, 6) is 0.242. The highest BCUT2D eigenvalue weighted by atomic mass is 16.1. The first kappa shape index (κ1) is 12.9. The molecule has 2 aliphatic rings. The molecule has 0 aromatic heterocycles. The maximum atomic E-state index is 11.9. The van der Waals surface area contributed by atoms with Crippen molar-refractivity contribution in [2.45, 2.75) is 77.4 Å². The second-order valence-corrected chi connectivity index (χ2v) is 6.93. The van der Waals surface area contributed by atoms with E-state index in [1.165, 1.54) is 12.8 Å². The lowest BCUT2D eigenvalue weighted by Gasteiger charge is -2.30. The van der Waals surface area contributed by atoms with Crippen LogP contribution in [0, 0.1) is 5.41 Å². The van der Waals surface area contributed by atoms with E-state index < -0.39 is 0 Å². The number of amides is 1. The van der Waals surface area contributed by atoms with Gasteiger partial charge in [-0.25, -0.2) is 0 Å². The van der Waals surface area contributed by atoms with Crippen LogP contribution in [0.15, 0.2) is 0 Å². The van der Waals surface area contributed by atoms with Gasteiger partial charge in [0.15, 0.2) is 0 Å². The first-order valence-corrected chi connectivity index (χ1v) is 6.98. The zero-order valence-corrected chi connectivity index (χ0v) is 11.4. The Hall–Kier alpha value is -0.570. The van der Waals surface area contributed by atoms with E-state index >= 15 is 0 Å². The van der Waals surface area contributed by atoms with Crippen LogP contribution in [0.3, 0.4) is 0 Å². The summed E-state index contributed by atoms with van der Waals surface area (Å²) < 4.78 is 0. The number of hydrogen-bond acceptors (Lipinski definition) is 2. The van der Waals surface area contributed by atoms with Crippen LogP contribution in [0.25, 0.3) is 0 Å². The Labute approximate surface area is 105 Å². The first-order valence-electron chi connectivity index (χ1n) is 6.98. The first-order chi connectivity index (χ1) is 7.92. The SMILES string of the molecule is CC(C)(C)CCC(=O)NC1CC2CCC(C1)N2.